The third kappa shape index (κ3) is 3.81. The molecule has 0 atom stereocenters. The van der Waals surface area contributed by atoms with Crippen molar-refractivity contribution >= 4 is 12.6 Å². The van der Waals surface area contributed by atoms with Gasteiger partial charge in [0.1, 0.15) is 12.4 Å². The molecule has 0 bridgehead atoms. The molecule has 0 radical (unpaired) electrons. The molecule has 1 saturated heterocycles. The molecule has 1 fully saturated rings. The molecule has 3 rings (SSSR count). The van der Waals surface area contributed by atoms with Gasteiger partial charge in [0.25, 0.3) is 0 Å². The molecule has 1 aromatic rings. The van der Waals surface area contributed by atoms with Crippen LogP contribution < -0.4 is 5.46 Å². The summed E-state index contributed by atoms with van der Waals surface area (Å²) in [5, 5.41) is 0. The zero-order valence-electron chi connectivity index (χ0n) is 15.4. The fourth-order valence-electron chi connectivity index (χ4n) is 2.62. The van der Waals surface area contributed by atoms with Crippen molar-refractivity contribution in [3.63, 3.8) is 0 Å². The van der Waals surface area contributed by atoms with Crippen LogP contribution >= 0.6 is 0 Å². The second kappa shape index (κ2) is 6.70. The van der Waals surface area contributed by atoms with Gasteiger partial charge in [0.15, 0.2) is 0 Å². The molecule has 1 aliphatic carbocycles. The Morgan fingerprint density at radius 2 is 1.60 bits per heavy atom. The van der Waals surface area contributed by atoms with Gasteiger partial charge in [-0.05, 0) is 44.8 Å². The first-order chi connectivity index (χ1) is 11.8. The van der Waals surface area contributed by atoms with Crippen LogP contribution in [0.2, 0.25) is 0 Å². The van der Waals surface area contributed by atoms with E-state index in [-0.39, 0.29) is 18.3 Å². The van der Waals surface area contributed by atoms with Gasteiger partial charge >= 0.3 is 7.12 Å². The van der Waals surface area contributed by atoms with E-state index in [9.17, 15) is 0 Å². The summed E-state index contributed by atoms with van der Waals surface area (Å²) >= 11 is 0. The van der Waals surface area contributed by atoms with Gasteiger partial charge in [0, 0.05) is 5.57 Å². The number of ether oxygens (including phenoxy) is 1. The second-order valence-corrected chi connectivity index (χ2v) is 7.42. The zero-order valence-corrected chi connectivity index (χ0v) is 15.4. The Balaban J connectivity index is 1.64. The van der Waals surface area contributed by atoms with Gasteiger partial charge in [-0.3, -0.25) is 0 Å². The van der Waals surface area contributed by atoms with Gasteiger partial charge in [0.05, 0.1) is 11.2 Å². The third-order valence-electron chi connectivity index (χ3n) is 4.98. The number of rotatable bonds is 4. The van der Waals surface area contributed by atoms with Gasteiger partial charge in [0.2, 0.25) is 0 Å². The lowest BCUT2D eigenvalue weighted by atomic mass is 9.79. The molecule has 0 aromatic heterocycles. The van der Waals surface area contributed by atoms with Gasteiger partial charge in [-0.15, -0.1) is 0 Å². The summed E-state index contributed by atoms with van der Waals surface area (Å²) in [7, 11) is -0.334. The monoisotopic (exact) mass is 336 g/mol. The Kier molecular flexibility index (Phi) is 4.76. The van der Waals surface area contributed by atoms with E-state index < -0.39 is 0 Å². The Morgan fingerprint density at radius 1 is 0.960 bits per heavy atom. The maximum atomic E-state index is 6.08. The Bertz CT molecular complexity index is 723. The van der Waals surface area contributed by atoms with E-state index in [0.29, 0.717) is 6.61 Å². The van der Waals surface area contributed by atoms with Crippen LogP contribution in [0.25, 0.3) is 0 Å². The molecular weight excluding hydrogens is 311 g/mol. The fraction of sp³-hybridized carbons (Fsp3) is 0.333. The average Bonchev–Trinajstić information content (AvgIpc) is 2.68. The van der Waals surface area contributed by atoms with Crippen LogP contribution in [0.3, 0.4) is 0 Å². The first-order valence-corrected chi connectivity index (χ1v) is 8.60. The summed E-state index contributed by atoms with van der Waals surface area (Å²) in [5.74, 6) is 0.792. The minimum Gasteiger partial charge on any atom is -0.488 e. The first kappa shape index (κ1) is 17.8. The highest BCUT2D eigenvalue weighted by atomic mass is 16.7. The van der Waals surface area contributed by atoms with Gasteiger partial charge in [-0.25, -0.2) is 0 Å². The van der Waals surface area contributed by atoms with Gasteiger partial charge < -0.3 is 14.0 Å². The molecule has 0 saturated carbocycles. The average molecular weight is 336 g/mol. The molecule has 0 unspecified atom stereocenters. The van der Waals surface area contributed by atoms with Crippen molar-refractivity contribution in [2.45, 2.75) is 45.5 Å². The van der Waals surface area contributed by atoms with Crippen molar-refractivity contribution < 1.29 is 14.0 Å². The Labute approximate surface area is 150 Å². The van der Waals surface area contributed by atoms with E-state index in [1.807, 2.05) is 54.6 Å². The molecule has 0 spiro atoms. The van der Waals surface area contributed by atoms with E-state index in [4.69, 9.17) is 14.0 Å². The van der Waals surface area contributed by atoms with Gasteiger partial charge in [-0.2, -0.15) is 0 Å². The number of allylic oxidation sites excluding steroid dienone is 5. The summed E-state index contributed by atoms with van der Waals surface area (Å²) in [6.45, 7) is 12.7. The van der Waals surface area contributed by atoms with Crippen LogP contribution in [0.1, 0.15) is 33.3 Å². The molecule has 0 amide bonds. The summed E-state index contributed by atoms with van der Waals surface area (Å²) < 4.78 is 18.1. The minimum atomic E-state index is -0.334. The quantitative estimate of drug-likeness (QED) is 0.776. The van der Waals surface area contributed by atoms with E-state index in [1.165, 1.54) is 0 Å². The highest BCUT2D eigenvalue weighted by Crippen LogP contribution is 2.36. The molecular formula is C21H25BO3. The highest BCUT2D eigenvalue weighted by Gasteiger charge is 2.51. The lowest BCUT2D eigenvalue weighted by molar-refractivity contribution is 0.00578. The van der Waals surface area contributed by atoms with Crippen molar-refractivity contribution in [2.75, 3.05) is 0 Å². The third-order valence-corrected chi connectivity index (χ3v) is 4.98. The Hall–Kier alpha value is -2.04. The smallest absolute Gasteiger partial charge is 0.488 e. The van der Waals surface area contributed by atoms with Crippen LogP contribution in [0, 0.1) is 0 Å². The van der Waals surface area contributed by atoms with Crippen molar-refractivity contribution in [3.05, 3.63) is 78.1 Å². The molecule has 1 aromatic carbocycles. The van der Waals surface area contributed by atoms with Crippen LogP contribution in [0.15, 0.2) is 72.6 Å². The van der Waals surface area contributed by atoms with Crippen LogP contribution in [0.5, 0.6) is 0 Å². The fourth-order valence-corrected chi connectivity index (χ4v) is 2.62. The number of hydrogen-bond donors (Lipinski definition) is 0. The largest absolute Gasteiger partial charge is 0.494 e. The minimum absolute atomic E-state index is 0.327. The number of hydrogen-bond acceptors (Lipinski definition) is 3. The molecule has 2 aliphatic rings. The van der Waals surface area contributed by atoms with Crippen LogP contribution in [0.4, 0.5) is 0 Å². The first-order valence-electron chi connectivity index (χ1n) is 8.60. The lowest BCUT2D eigenvalue weighted by Crippen LogP contribution is -2.41. The highest BCUT2D eigenvalue weighted by molar-refractivity contribution is 6.62. The van der Waals surface area contributed by atoms with E-state index in [0.717, 1.165) is 22.4 Å². The lowest BCUT2D eigenvalue weighted by Gasteiger charge is -2.32. The molecule has 4 heteroatoms. The van der Waals surface area contributed by atoms with E-state index >= 15 is 0 Å². The van der Waals surface area contributed by atoms with Crippen LogP contribution in [-0.4, -0.2) is 18.3 Å². The molecule has 0 N–H and O–H groups in total. The SMILES string of the molecule is C=C1C=CC=CC=C1OCc1ccc(B2OC(C)(C)C(C)(C)O2)cc1. The predicted octanol–water partition coefficient (Wildman–Crippen LogP) is 4.07. The maximum absolute atomic E-state index is 6.08. The molecule has 130 valence electrons. The topological polar surface area (TPSA) is 27.7 Å². The number of benzene rings is 1. The summed E-state index contributed by atoms with van der Waals surface area (Å²) in [4.78, 5) is 0. The molecule has 1 heterocycles. The van der Waals surface area contributed by atoms with Crippen molar-refractivity contribution in [1.29, 1.82) is 0 Å². The zero-order chi connectivity index (χ0) is 18.1. The summed E-state index contributed by atoms with van der Waals surface area (Å²) in [6, 6.07) is 8.17. The van der Waals surface area contributed by atoms with E-state index in [2.05, 4.69) is 34.3 Å². The Morgan fingerprint density at radius 3 is 2.24 bits per heavy atom. The summed E-state index contributed by atoms with van der Waals surface area (Å²) in [6.07, 6.45) is 9.73. The molecule has 25 heavy (non-hydrogen) atoms. The predicted molar refractivity (Wildman–Crippen MR) is 102 cm³/mol. The standard InChI is InChI=1S/C21H25BO3/c1-16-9-7-6-8-10-19(16)23-15-17-11-13-18(14-12-17)22-24-20(2,3)21(4,5)25-22/h6-14H,1,15H2,2-5H3. The molecule has 3 nitrogen and oxygen atoms in total. The van der Waals surface area contributed by atoms with Crippen molar-refractivity contribution in [1.82, 2.24) is 0 Å². The van der Waals surface area contributed by atoms with Crippen molar-refractivity contribution in [2.24, 2.45) is 0 Å². The van der Waals surface area contributed by atoms with Crippen LogP contribution in [-0.2, 0) is 20.7 Å². The maximum Gasteiger partial charge on any atom is 0.494 e. The normalized spacial score (nSPS) is 21.2. The van der Waals surface area contributed by atoms with Crippen molar-refractivity contribution in [3.8, 4) is 0 Å². The molecule has 1 aliphatic heterocycles. The second-order valence-electron chi connectivity index (χ2n) is 7.42. The van der Waals surface area contributed by atoms with Gasteiger partial charge in [-0.1, -0.05) is 55.1 Å². The summed E-state index contributed by atoms with van der Waals surface area (Å²) in [5.41, 5.74) is 2.33. The van der Waals surface area contributed by atoms with E-state index in [1.54, 1.807) is 0 Å².